The number of hydrogen-bond donors (Lipinski definition) is 2. The minimum atomic E-state index is -0.840. The second-order valence-electron chi connectivity index (χ2n) is 6.10. The molecule has 2 rings (SSSR count). The van der Waals surface area contributed by atoms with Crippen molar-refractivity contribution >= 4 is 39.3 Å². The first kappa shape index (κ1) is 19.4. The first-order chi connectivity index (χ1) is 11.8. The largest absolute Gasteiger partial charge is 0.348 e. The Morgan fingerprint density at radius 1 is 1.28 bits per heavy atom. The third kappa shape index (κ3) is 4.58. The molecule has 7 nitrogen and oxygen atoms in total. The second kappa shape index (κ2) is 8.44. The van der Waals surface area contributed by atoms with E-state index in [4.69, 9.17) is 0 Å². The summed E-state index contributed by atoms with van der Waals surface area (Å²) in [6.45, 7) is 3.59. The number of benzene rings is 1. The summed E-state index contributed by atoms with van der Waals surface area (Å²) >= 11 is 3.38. The number of amides is 3. The number of halogens is 1. The smallest absolute Gasteiger partial charge is 0.310 e. The minimum absolute atomic E-state index is 0.232. The monoisotopic (exact) mass is 410 g/mol. The lowest BCUT2D eigenvalue weighted by Crippen LogP contribution is -2.44. The van der Waals surface area contributed by atoms with Crippen LogP contribution in [0.1, 0.15) is 24.9 Å². The van der Waals surface area contributed by atoms with Gasteiger partial charge in [-0.3, -0.25) is 14.4 Å². The summed E-state index contributed by atoms with van der Waals surface area (Å²) in [7, 11) is 3.88. The Hall–Kier alpha value is -1.93. The molecule has 1 aromatic carbocycles. The van der Waals surface area contributed by atoms with Gasteiger partial charge in [0.2, 0.25) is 0 Å². The van der Waals surface area contributed by atoms with E-state index < -0.39 is 17.9 Å². The van der Waals surface area contributed by atoms with Crippen LogP contribution in [-0.2, 0) is 14.4 Å². The summed E-state index contributed by atoms with van der Waals surface area (Å²) in [5.41, 5.74) is 1.45. The molecule has 8 heteroatoms. The highest BCUT2D eigenvalue weighted by atomic mass is 79.9. The van der Waals surface area contributed by atoms with Gasteiger partial charge in [-0.25, -0.2) is 0 Å². The predicted molar refractivity (Wildman–Crippen MR) is 99.2 cm³/mol. The topological polar surface area (TPSA) is 81.8 Å². The van der Waals surface area contributed by atoms with Crippen LogP contribution in [-0.4, -0.2) is 56.4 Å². The number of hydrogen-bond acceptors (Lipinski definition) is 4. The lowest BCUT2D eigenvalue weighted by atomic mass is 10.1. The van der Waals surface area contributed by atoms with Gasteiger partial charge in [-0.2, -0.15) is 0 Å². The van der Waals surface area contributed by atoms with Crippen LogP contribution >= 0.6 is 15.9 Å². The van der Waals surface area contributed by atoms with Crippen molar-refractivity contribution in [3.63, 3.8) is 0 Å². The Balaban J connectivity index is 2.02. The highest BCUT2D eigenvalue weighted by Crippen LogP contribution is 2.37. The van der Waals surface area contributed by atoms with Crippen LogP contribution in [0.25, 0.3) is 0 Å². The van der Waals surface area contributed by atoms with Crippen molar-refractivity contribution in [1.82, 2.24) is 15.5 Å². The summed E-state index contributed by atoms with van der Waals surface area (Å²) in [5.74, 6) is -1.76. The molecule has 25 heavy (non-hydrogen) atoms. The molecule has 0 unspecified atom stereocenters. The maximum Gasteiger partial charge on any atom is 0.310 e. The SMILES string of the molecule is CCN1C(=O)[C@@H](NC(=O)C(=O)NCCCN(C)C)c2cc(Br)ccc21. The van der Waals surface area contributed by atoms with E-state index in [9.17, 15) is 14.4 Å². The molecule has 1 aliphatic rings. The number of likely N-dealkylation sites (N-methyl/N-ethyl adjacent to an activating group) is 1. The zero-order chi connectivity index (χ0) is 18.6. The molecular formula is C17H23BrN4O3. The standard InChI is InChI=1S/C17H23BrN4O3/c1-4-22-13-7-6-11(18)10-12(13)14(17(22)25)20-16(24)15(23)19-8-5-9-21(2)3/h6-7,10,14H,4-5,8-9H2,1-3H3,(H,19,23)(H,20,24)/t14-/m0/s1. The van der Waals surface area contributed by atoms with Crippen molar-refractivity contribution in [2.45, 2.75) is 19.4 Å². The Morgan fingerprint density at radius 3 is 2.64 bits per heavy atom. The average molecular weight is 411 g/mol. The van der Waals surface area contributed by atoms with Gasteiger partial charge in [-0.05, 0) is 52.2 Å². The molecule has 1 aliphatic heterocycles. The summed E-state index contributed by atoms with van der Waals surface area (Å²) in [5, 5.41) is 5.13. The zero-order valence-electron chi connectivity index (χ0n) is 14.6. The van der Waals surface area contributed by atoms with E-state index in [1.54, 1.807) is 11.0 Å². The maximum atomic E-state index is 12.6. The Bertz CT molecular complexity index is 678. The maximum absolute atomic E-state index is 12.6. The van der Waals surface area contributed by atoms with Crippen LogP contribution in [0, 0.1) is 0 Å². The molecule has 0 bridgehead atoms. The Morgan fingerprint density at radius 2 is 2.00 bits per heavy atom. The Labute approximate surface area is 155 Å². The fourth-order valence-electron chi connectivity index (χ4n) is 2.75. The van der Waals surface area contributed by atoms with E-state index in [1.165, 1.54) is 0 Å². The molecule has 0 aromatic heterocycles. The van der Waals surface area contributed by atoms with E-state index in [0.29, 0.717) is 18.7 Å². The van der Waals surface area contributed by atoms with Crippen molar-refractivity contribution < 1.29 is 14.4 Å². The number of rotatable bonds is 6. The van der Waals surface area contributed by atoms with E-state index >= 15 is 0 Å². The van der Waals surface area contributed by atoms with Crippen molar-refractivity contribution in [2.24, 2.45) is 0 Å². The predicted octanol–water partition coefficient (Wildman–Crippen LogP) is 1.04. The third-order valence-corrected chi connectivity index (χ3v) is 4.46. The normalized spacial score (nSPS) is 16.1. The van der Waals surface area contributed by atoms with Crippen molar-refractivity contribution in [3.8, 4) is 0 Å². The van der Waals surface area contributed by atoms with Crippen LogP contribution < -0.4 is 15.5 Å². The number of fused-ring (bicyclic) bond motifs is 1. The molecule has 0 aliphatic carbocycles. The molecule has 0 saturated carbocycles. The number of nitrogens with zero attached hydrogens (tertiary/aromatic N) is 2. The second-order valence-corrected chi connectivity index (χ2v) is 7.02. The first-order valence-corrected chi connectivity index (χ1v) is 8.98. The van der Waals surface area contributed by atoms with Gasteiger partial charge in [0.05, 0.1) is 0 Å². The quantitative estimate of drug-likeness (QED) is 0.542. The molecule has 3 amide bonds. The van der Waals surface area contributed by atoms with Gasteiger partial charge in [0.1, 0.15) is 6.04 Å². The number of carbonyl (C=O) groups is 3. The molecule has 0 fully saturated rings. The molecule has 136 valence electrons. The van der Waals surface area contributed by atoms with Gasteiger partial charge >= 0.3 is 11.8 Å². The fraction of sp³-hybridized carbons (Fsp3) is 0.471. The lowest BCUT2D eigenvalue weighted by molar-refractivity contribution is -0.140. The molecule has 1 aromatic rings. The van der Waals surface area contributed by atoms with Crippen molar-refractivity contribution in [2.75, 3.05) is 38.6 Å². The molecule has 1 atom stereocenters. The van der Waals surface area contributed by atoms with Gasteiger partial charge in [0.25, 0.3) is 5.91 Å². The van der Waals surface area contributed by atoms with Crippen LogP contribution in [0.15, 0.2) is 22.7 Å². The minimum Gasteiger partial charge on any atom is -0.348 e. The van der Waals surface area contributed by atoms with Crippen LogP contribution in [0.4, 0.5) is 5.69 Å². The summed E-state index contributed by atoms with van der Waals surface area (Å²) < 4.78 is 0.810. The highest BCUT2D eigenvalue weighted by Gasteiger charge is 2.38. The summed E-state index contributed by atoms with van der Waals surface area (Å²) in [6, 6.07) is 4.63. The van der Waals surface area contributed by atoms with E-state index in [2.05, 4.69) is 26.6 Å². The van der Waals surface area contributed by atoms with Gasteiger partial charge in [0.15, 0.2) is 0 Å². The lowest BCUT2D eigenvalue weighted by Gasteiger charge is -2.15. The summed E-state index contributed by atoms with van der Waals surface area (Å²) in [6.07, 6.45) is 0.744. The molecule has 1 heterocycles. The van der Waals surface area contributed by atoms with Gasteiger partial charge in [0, 0.05) is 28.8 Å². The van der Waals surface area contributed by atoms with E-state index in [-0.39, 0.29) is 5.91 Å². The van der Waals surface area contributed by atoms with Gasteiger partial charge in [-0.1, -0.05) is 15.9 Å². The van der Waals surface area contributed by atoms with Crippen LogP contribution in [0.3, 0.4) is 0 Å². The molecule has 0 spiro atoms. The van der Waals surface area contributed by atoms with E-state index in [0.717, 1.165) is 23.1 Å². The molecule has 2 N–H and O–H groups in total. The molecule has 0 saturated heterocycles. The van der Waals surface area contributed by atoms with Gasteiger partial charge < -0.3 is 20.4 Å². The van der Waals surface area contributed by atoms with E-state index in [1.807, 2.05) is 38.1 Å². The number of anilines is 1. The fourth-order valence-corrected chi connectivity index (χ4v) is 3.13. The highest BCUT2D eigenvalue weighted by molar-refractivity contribution is 9.10. The van der Waals surface area contributed by atoms with Crippen LogP contribution in [0.2, 0.25) is 0 Å². The molecular weight excluding hydrogens is 388 g/mol. The molecule has 0 radical (unpaired) electrons. The Kier molecular flexibility index (Phi) is 6.55. The zero-order valence-corrected chi connectivity index (χ0v) is 16.2. The number of carbonyl (C=O) groups excluding carboxylic acids is 3. The summed E-state index contributed by atoms with van der Waals surface area (Å²) in [4.78, 5) is 40.2. The average Bonchev–Trinajstić information content (AvgIpc) is 2.82. The van der Waals surface area contributed by atoms with Crippen molar-refractivity contribution in [3.05, 3.63) is 28.2 Å². The first-order valence-electron chi connectivity index (χ1n) is 8.19. The number of nitrogens with one attached hydrogen (secondary N) is 2. The van der Waals surface area contributed by atoms with Gasteiger partial charge in [-0.15, -0.1) is 0 Å². The van der Waals surface area contributed by atoms with Crippen molar-refractivity contribution in [1.29, 1.82) is 0 Å². The third-order valence-electron chi connectivity index (χ3n) is 3.97. The van der Waals surface area contributed by atoms with Crippen LogP contribution in [0.5, 0.6) is 0 Å².